The molecule has 0 saturated carbocycles. The van der Waals surface area contributed by atoms with Crippen LogP contribution in [0.15, 0.2) is 60.7 Å². The largest absolute Gasteiger partial charge is 0.416 e. The molecule has 9 heteroatoms. The van der Waals surface area contributed by atoms with Crippen molar-refractivity contribution >= 4 is 23.1 Å². The smallest absolute Gasteiger partial charge is 0.339 e. The number of nitriles is 1. The lowest BCUT2D eigenvalue weighted by molar-refractivity contribution is -0.137. The summed E-state index contributed by atoms with van der Waals surface area (Å²) >= 11 is 0. The molecule has 0 atom stereocenters. The van der Waals surface area contributed by atoms with Crippen LogP contribution in [0.25, 0.3) is 0 Å². The molecule has 0 unspecified atom stereocenters. The fraction of sp³-hybridized carbons (Fsp3) is 0.0526. The summed E-state index contributed by atoms with van der Waals surface area (Å²) in [6, 6.07) is 15.9. The Labute approximate surface area is 157 Å². The second-order valence-electron chi connectivity index (χ2n) is 5.65. The van der Waals surface area contributed by atoms with Gasteiger partial charge in [0.15, 0.2) is 11.5 Å². The monoisotopic (exact) mass is 383 g/mol. The van der Waals surface area contributed by atoms with Crippen LogP contribution in [-0.2, 0) is 6.18 Å². The highest BCUT2D eigenvalue weighted by Gasteiger charge is 2.30. The van der Waals surface area contributed by atoms with Crippen LogP contribution < -0.4 is 10.6 Å². The summed E-state index contributed by atoms with van der Waals surface area (Å²) in [7, 11) is 0. The number of benzene rings is 2. The van der Waals surface area contributed by atoms with E-state index < -0.39 is 17.6 Å². The molecular weight excluding hydrogens is 371 g/mol. The van der Waals surface area contributed by atoms with E-state index in [2.05, 4.69) is 20.8 Å². The molecule has 2 aromatic carbocycles. The number of halogens is 3. The number of aromatic nitrogens is 2. The van der Waals surface area contributed by atoms with E-state index in [1.165, 1.54) is 24.3 Å². The average Bonchev–Trinajstić information content (AvgIpc) is 2.68. The Hall–Kier alpha value is -3.93. The highest BCUT2D eigenvalue weighted by Crippen LogP contribution is 2.30. The molecule has 2 N–H and O–H groups in total. The molecule has 6 nitrogen and oxygen atoms in total. The summed E-state index contributed by atoms with van der Waals surface area (Å²) in [6.07, 6.45) is -4.50. The lowest BCUT2D eigenvalue weighted by Crippen LogP contribution is -2.15. The Morgan fingerprint density at radius 1 is 0.964 bits per heavy atom. The maximum atomic E-state index is 12.7. The first-order chi connectivity index (χ1) is 13.3. The third-order valence-electron chi connectivity index (χ3n) is 3.61. The molecule has 0 fully saturated rings. The highest BCUT2D eigenvalue weighted by molar-refractivity contribution is 6.02. The van der Waals surface area contributed by atoms with Gasteiger partial charge in [-0.2, -0.15) is 18.4 Å². The number of nitrogens with zero attached hydrogens (tertiary/aromatic N) is 3. The predicted octanol–water partition coefficient (Wildman–Crippen LogP) is 4.36. The molecule has 1 heterocycles. The maximum Gasteiger partial charge on any atom is 0.416 e. The van der Waals surface area contributed by atoms with Gasteiger partial charge >= 0.3 is 6.18 Å². The second-order valence-corrected chi connectivity index (χ2v) is 5.65. The molecule has 28 heavy (non-hydrogen) atoms. The molecule has 0 aliphatic heterocycles. The van der Waals surface area contributed by atoms with Gasteiger partial charge in [-0.25, -0.2) is 0 Å². The van der Waals surface area contributed by atoms with Crippen molar-refractivity contribution in [1.82, 2.24) is 10.2 Å². The molecular formula is C19H12F3N5O. The van der Waals surface area contributed by atoms with E-state index in [9.17, 15) is 18.0 Å². The summed E-state index contributed by atoms with van der Waals surface area (Å²) in [5.41, 5.74) is 0.158. The topological polar surface area (TPSA) is 90.7 Å². The summed E-state index contributed by atoms with van der Waals surface area (Å²) in [4.78, 5) is 12.2. The van der Waals surface area contributed by atoms with Crippen LogP contribution in [0.2, 0.25) is 0 Å². The lowest BCUT2D eigenvalue weighted by Gasteiger charge is -2.10. The summed E-state index contributed by atoms with van der Waals surface area (Å²) in [5.74, 6) is -0.351. The summed E-state index contributed by atoms with van der Waals surface area (Å²) in [6.45, 7) is 0. The molecule has 0 spiro atoms. The van der Waals surface area contributed by atoms with Crippen molar-refractivity contribution in [2.75, 3.05) is 10.6 Å². The SMILES string of the molecule is N#Cc1cccc(Nc2ccc(C(=O)Nc3cccc(C(F)(F)F)c3)nn2)c1. The predicted molar refractivity (Wildman–Crippen MR) is 95.9 cm³/mol. The minimum absolute atomic E-state index is 0.00264. The maximum absolute atomic E-state index is 12.7. The highest BCUT2D eigenvalue weighted by atomic mass is 19.4. The van der Waals surface area contributed by atoms with E-state index >= 15 is 0 Å². The first kappa shape index (κ1) is 18.8. The van der Waals surface area contributed by atoms with Crippen LogP contribution in [0.4, 0.5) is 30.4 Å². The van der Waals surface area contributed by atoms with Gasteiger partial charge in [-0.15, -0.1) is 10.2 Å². The van der Waals surface area contributed by atoms with E-state index in [0.717, 1.165) is 12.1 Å². The van der Waals surface area contributed by atoms with Gasteiger partial charge in [0.25, 0.3) is 5.91 Å². The Morgan fingerprint density at radius 2 is 1.71 bits per heavy atom. The number of amides is 1. The minimum atomic E-state index is -4.50. The molecule has 0 bridgehead atoms. The number of rotatable bonds is 4. The summed E-state index contributed by atoms with van der Waals surface area (Å²) in [5, 5.41) is 21.8. The van der Waals surface area contributed by atoms with E-state index in [4.69, 9.17) is 5.26 Å². The van der Waals surface area contributed by atoms with Crippen LogP contribution in [0.1, 0.15) is 21.6 Å². The van der Waals surface area contributed by atoms with Gasteiger partial charge in [-0.3, -0.25) is 4.79 Å². The van der Waals surface area contributed by atoms with Crippen molar-refractivity contribution in [3.05, 3.63) is 77.5 Å². The molecule has 0 aliphatic carbocycles. The van der Waals surface area contributed by atoms with Crippen LogP contribution >= 0.6 is 0 Å². The zero-order valence-corrected chi connectivity index (χ0v) is 14.2. The number of alkyl halides is 3. The number of nitrogens with one attached hydrogen (secondary N) is 2. The molecule has 1 aromatic heterocycles. The Balaban J connectivity index is 1.69. The molecule has 0 radical (unpaired) electrons. The van der Waals surface area contributed by atoms with E-state index in [1.54, 1.807) is 24.3 Å². The standard InChI is InChI=1S/C19H12F3N5O/c20-19(21,22)13-4-2-6-15(10-13)25-18(28)16-7-8-17(27-26-16)24-14-5-1-3-12(9-14)11-23/h1-10H,(H,24,27)(H,25,28). The molecule has 140 valence electrons. The third kappa shape index (κ3) is 4.62. The summed E-state index contributed by atoms with van der Waals surface area (Å²) < 4.78 is 38.2. The number of hydrogen-bond acceptors (Lipinski definition) is 5. The Morgan fingerprint density at radius 3 is 2.39 bits per heavy atom. The fourth-order valence-electron chi connectivity index (χ4n) is 2.30. The zero-order chi connectivity index (χ0) is 20.1. The van der Waals surface area contributed by atoms with E-state index in [1.807, 2.05) is 6.07 Å². The number of carbonyl (C=O) groups is 1. The number of anilines is 3. The molecule has 1 amide bonds. The van der Waals surface area contributed by atoms with E-state index in [-0.39, 0.29) is 11.4 Å². The normalized spacial score (nSPS) is 10.8. The van der Waals surface area contributed by atoms with E-state index in [0.29, 0.717) is 17.1 Å². The van der Waals surface area contributed by atoms with Gasteiger partial charge in [-0.05, 0) is 48.5 Å². The number of carbonyl (C=O) groups excluding carboxylic acids is 1. The van der Waals surface area contributed by atoms with Gasteiger partial charge in [-0.1, -0.05) is 12.1 Å². The molecule has 3 aromatic rings. The van der Waals surface area contributed by atoms with Crippen LogP contribution in [0.5, 0.6) is 0 Å². The van der Waals surface area contributed by atoms with Crippen molar-refractivity contribution in [2.24, 2.45) is 0 Å². The Bertz CT molecular complexity index is 1040. The molecule has 0 saturated heterocycles. The van der Waals surface area contributed by atoms with Crippen LogP contribution in [-0.4, -0.2) is 16.1 Å². The van der Waals surface area contributed by atoms with Gasteiger partial charge in [0, 0.05) is 11.4 Å². The molecule has 0 aliphatic rings. The van der Waals surface area contributed by atoms with Crippen molar-refractivity contribution in [1.29, 1.82) is 5.26 Å². The quantitative estimate of drug-likeness (QED) is 0.698. The van der Waals surface area contributed by atoms with Gasteiger partial charge in [0.05, 0.1) is 17.2 Å². The van der Waals surface area contributed by atoms with Crippen molar-refractivity contribution in [3.63, 3.8) is 0 Å². The number of hydrogen-bond donors (Lipinski definition) is 2. The van der Waals surface area contributed by atoms with Crippen molar-refractivity contribution < 1.29 is 18.0 Å². The van der Waals surface area contributed by atoms with Crippen molar-refractivity contribution in [3.8, 4) is 6.07 Å². The first-order valence-corrected chi connectivity index (χ1v) is 7.95. The van der Waals surface area contributed by atoms with Gasteiger partial charge in [0.2, 0.25) is 0 Å². The first-order valence-electron chi connectivity index (χ1n) is 7.95. The second kappa shape index (κ2) is 7.75. The lowest BCUT2D eigenvalue weighted by atomic mass is 10.2. The fourth-order valence-corrected chi connectivity index (χ4v) is 2.30. The van der Waals surface area contributed by atoms with Crippen LogP contribution in [0.3, 0.4) is 0 Å². The third-order valence-corrected chi connectivity index (χ3v) is 3.61. The Kier molecular flexibility index (Phi) is 5.22. The molecule has 3 rings (SSSR count). The average molecular weight is 383 g/mol. The van der Waals surface area contributed by atoms with Gasteiger partial charge < -0.3 is 10.6 Å². The van der Waals surface area contributed by atoms with Crippen LogP contribution in [0, 0.1) is 11.3 Å². The van der Waals surface area contributed by atoms with Gasteiger partial charge in [0.1, 0.15) is 0 Å². The minimum Gasteiger partial charge on any atom is -0.339 e. The van der Waals surface area contributed by atoms with Crippen molar-refractivity contribution in [2.45, 2.75) is 6.18 Å². The zero-order valence-electron chi connectivity index (χ0n) is 14.2.